The molecule has 1 aromatic carbocycles. The van der Waals surface area contributed by atoms with Crippen LogP contribution in [0.2, 0.25) is 0 Å². The van der Waals surface area contributed by atoms with Gasteiger partial charge in [0.15, 0.2) is 5.58 Å². The van der Waals surface area contributed by atoms with Crippen LogP contribution >= 0.6 is 12.4 Å². The van der Waals surface area contributed by atoms with Crippen molar-refractivity contribution in [3.63, 3.8) is 0 Å². The second-order valence-electron chi connectivity index (χ2n) is 4.93. The molecular formula is C15H19ClN2O. The lowest BCUT2D eigenvalue weighted by molar-refractivity contribution is 0.229. The first-order valence-corrected chi connectivity index (χ1v) is 6.56. The van der Waals surface area contributed by atoms with E-state index in [4.69, 9.17) is 4.52 Å². The Labute approximate surface area is 119 Å². The van der Waals surface area contributed by atoms with E-state index in [9.17, 15) is 0 Å². The predicted molar refractivity (Wildman–Crippen MR) is 79.9 cm³/mol. The van der Waals surface area contributed by atoms with Gasteiger partial charge in [0.05, 0.1) is 5.69 Å². The minimum atomic E-state index is 0. The highest BCUT2D eigenvalue weighted by Gasteiger charge is 2.24. The number of hydrogen-bond donors (Lipinski definition) is 0. The second kappa shape index (κ2) is 6.22. The van der Waals surface area contributed by atoms with Crippen LogP contribution in [0, 0.1) is 0 Å². The van der Waals surface area contributed by atoms with Crippen LogP contribution in [0.15, 0.2) is 41.4 Å². The molecule has 0 amide bonds. The molecule has 0 unspecified atom stereocenters. The van der Waals surface area contributed by atoms with Gasteiger partial charge in [-0.1, -0.05) is 23.4 Å². The minimum Gasteiger partial charge on any atom is -0.356 e. The zero-order valence-electron chi connectivity index (χ0n) is 10.9. The van der Waals surface area contributed by atoms with Crippen LogP contribution in [-0.4, -0.2) is 29.7 Å². The Balaban J connectivity index is 0.00000133. The Hall–Kier alpha value is -1.32. The third-order valence-corrected chi connectivity index (χ3v) is 3.77. The quantitative estimate of drug-likeness (QED) is 0.803. The van der Waals surface area contributed by atoms with Crippen LogP contribution in [0.5, 0.6) is 0 Å². The summed E-state index contributed by atoms with van der Waals surface area (Å²) in [5.41, 5.74) is 2.05. The predicted octanol–water partition coefficient (Wildman–Crippen LogP) is 3.62. The van der Waals surface area contributed by atoms with Crippen molar-refractivity contribution in [2.75, 3.05) is 19.6 Å². The SMILES string of the molecule is C=CCN1CCC(c2noc3ccccc23)CC1.Cl. The van der Waals surface area contributed by atoms with E-state index < -0.39 is 0 Å². The topological polar surface area (TPSA) is 29.3 Å². The number of aromatic nitrogens is 1. The standard InChI is InChI=1S/C15H18N2O.ClH/c1-2-9-17-10-7-12(8-11-17)15-13-5-3-4-6-14(13)18-16-15;/h2-6,12H,1,7-11H2;1H. The molecule has 3 rings (SSSR count). The number of para-hydroxylation sites is 1. The van der Waals surface area contributed by atoms with E-state index >= 15 is 0 Å². The Bertz CT molecular complexity index is 544. The lowest BCUT2D eigenvalue weighted by atomic mass is 9.91. The molecular weight excluding hydrogens is 260 g/mol. The molecule has 1 saturated heterocycles. The number of nitrogens with zero attached hydrogens (tertiary/aromatic N) is 2. The third-order valence-electron chi connectivity index (χ3n) is 3.77. The van der Waals surface area contributed by atoms with E-state index in [2.05, 4.69) is 28.8 Å². The lowest BCUT2D eigenvalue weighted by Gasteiger charge is -2.30. The monoisotopic (exact) mass is 278 g/mol. The van der Waals surface area contributed by atoms with Crippen LogP contribution in [0.3, 0.4) is 0 Å². The number of benzene rings is 1. The van der Waals surface area contributed by atoms with Gasteiger partial charge in [0, 0.05) is 17.8 Å². The van der Waals surface area contributed by atoms with Gasteiger partial charge in [-0.3, -0.25) is 4.90 Å². The van der Waals surface area contributed by atoms with E-state index in [1.807, 2.05) is 18.2 Å². The van der Waals surface area contributed by atoms with Crippen molar-refractivity contribution in [1.82, 2.24) is 10.1 Å². The second-order valence-corrected chi connectivity index (χ2v) is 4.93. The maximum atomic E-state index is 5.40. The zero-order chi connectivity index (χ0) is 12.4. The molecule has 1 fully saturated rings. The van der Waals surface area contributed by atoms with E-state index in [1.165, 1.54) is 5.39 Å². The van der Waals surface area contributed by atoms with E-state index in [-0.39, 0.29) is 12.4 Å². The Morgan fingerprint density at radius 3 is 2.79 bits per heavy atom. The summed E-state index contributed by atoms with van der Waals surface area (Å²) >= 11 is 0. The van der Waals surface area contributed by atoms with Gasteiger partial charge in [-0.25, -0.2) is 0 Å². The number of hydrogen-bond acceptors (Lipinski definition) is 3. The molecule has 3 nitrogen and oxygen atoms in total. The summed E-state index contributed by atoms with van der Waals surface area (Å²) in [6.45, 7) is 7.03. The third kappa shape index (κ3) is 2.82. The van der Waals surface area contributed by atoms with Gasteiger partial charge in [0.25, 0.3) is 0 Å². The van der Waals surface area contributed by atoms with Crippen LogP contribution in [0.1, 0.15) is 24.5 Å². The van der Waals surface area contributed by atoms with Gasteiger partial charge in [-0.15, -0.1) is 19.0 Å². The molecule has 0 spiro atoms. The van der Waals surface area contributed by atoms with Crippen LogP contribution < -0.4 is 0 Å². The molecule has 1 aliphatic heterocycles. The van der Waals surface area contributed by atoms with Gasteiger partial charge in [-0.05, 0) is 38.1 Å². The van der Waals surface area contributed by atoms with Gasteiger partial charge in [-0.2, -0.15) is 0 Å². The maximum absolute atomic E-state index is 5.40. The smallest absolute Gasteiger partial charge is 0.167 e. The van der Waals surface area contributed by atoms with Gasteiger partial charge in [0.2, 0.25) is 0 Å². The summed E-state index contributed by atoms with van der Waals surface area (Å²) in [4.78, 5) is 2.44. The fourth-order valence-electron chi connectivity index (χ4n) is 2.77. The van der Waals surface area contributed by atoms with Crippen molar-refractivity contribution in [3.8, 4) is 0 Å². The molecule has 0 saturated carbocycles. The van der Waals surface area contributed by atoms with E-state index in [0.717, 1.165) is 43.8 Å². The number of halogens is 1. The number of fused-ring (bicyclic) bond motifs is 1. The number of rotatable bonds is 3. The average molecular weight is 279 g/mol. The molecule has 102 valence electrons. The summed E-state index contributed by atoms with van der Waals surface area (Å²) in [6.07, 6.45) is 4.29. The summed E-state index contributed by atoms with van der Waals surface area (Å²) < 4.78 is 5.40. The van der Waals surface area contributed by atoms with Crippen molar-refractivity contribution < 1.29 is 4.52 Å². The molecule has 0 bridgehead atoms. The largest absolute Gasteiger partial charge is 0.356 e. The summed E-state index contributed by atoms with van der Waals surface area (Å²) in [5, 5.41) is 5.46. The fraction of sp³-hybridized carbons (Fsp3) is 0.400. The lowest BCUT2D eigenvalue weighted by Crippen LogP contribution is -2.33. The maximum Gasteiger partial charge on any atom is 0.167 e. The molecule has 4 heteroatoms. The summed E-state index contributed by atoms with van der Waals surface area (Å²) in [6, 6.07) is 8.13. The fourth-order valence-corrected chi connectivity index (χ4v) is 2.77. The molecule has 0 N–H and O–H groups in total. The van der Waals surface area contributed by atoms with Crippen LogP contribution in [0.4, 0.5) is 0 Å². The summed E-state index contributed by atoms with van der Waals surface area (Å²) in [7, 11) is 0. The highest BCUT2D eigenvalue weighted by molar-refractivity contribution is 5.85. The first-order chi connectivity index (χ1) is 8.88. The molecule has 0 aliphatic carbocycles. The Morgan fingerprint density at radius 2 is 2.05 bits per heavy atom. The van der Waals surface area contributed by atoms with Gasteiger partial charge < -0.3 is 4.52 Å². The van der Waals surface area contributed by atoms with Crippen molar-refractivity contribution in [1.29, 1.82) is 0 Å². The van der Waals surface area contributed by atoms with Crippen molar-refractivity contribution in [2.24, 2.45) is 0 Å². The normalized spacial score (nSPS) is 17.3. The minimum absolute atomic E-state index is 0. The molecule has 1 aliphatic rings. The Morgan fingerprint density at radius 1 is 1.32 bits per heavy atom. The van der Waals surface area contributed by atoms with Crippen molar-refractivity contribution in [3.05, 3.63) is 42.6 Å². The first-order valence-electron chi connectivity index (χ1n) is 6.56. The van der Waals surface area contributed by atoms with Crippen LogP contribution in [0.25, 0.3) is 11.0 Å². The number of likely N-dealkylation sites (tertiary alicyclic amines) is 1. The average Bonchev–Trinajstić information content (AvgIpc) is 2.84. The number of piperidine rings is 1. The van der Waals surface area contributed by atoms with Crippen molar-refractivity contribution >= 4 is 23.4 Å². The van der Waals surface area contributed by atoms with E-state index in [1.54, 1.807) is 0 Å². The highest BCUT2D eigenvalue weighted by Crippen LogP contribution is 2.32. The van der Waals surface area contributed by atoms with E-state index in [0.29, 0.717) is 5.92 Å². The summed E-state index contributed by atoms with van der Waals surface area (Å²) in [5.74, 6) is 0.537. The molecule has 2 heterocycles. The van der Waals surface area contributed by atoms with Crippen molar-refractivity contribution in [2.45, 2.75) is 18.8 Å². The Kier molecular flexibility index (Phi) is 4.61. The first kappa shape index (κ1) is 14.1. The van der Waals surface area contributed by atoms with Crippen LogP contribution in [-0.2, 0) is 0 Å². The molecule has 1 aromatic heterocycles. The van der Waals surface area contributed by atoms with Gasteiger partial charge in [0.1, 0.15) is 0 Å². The zero-order valence-corrected chi connectivity index (χ0v) is 11.7. The molecule has 0 atom stereocenters. The molecule has 2 aromatic rings. The highest BCUT2D eigenvalue weighted by atomic mass is 35.5. The van der Waals surface area contributed by atoms with Gasteiger partial charge >= 0.3 is 0 Å². The molecule has 19 heavy (non-hydrogen) atoms. The molecule has 0 radical (unpaired) electrons.